The smallest absolute Gasteiger partial charge is 0.247 e. The van der Waals surface area contributed by atoms with E-state index in [1.54, 1.807) is 0 Å². The summed E-state index contributed by atoms with van der Waals surface area (Å²) in [5, 5.41) is 0.610. The zero-order valence-corrected chi connectivity index (χ0v) is 19.3. The highest BCUT2D eigenvalue weighted by atomic mass is 79.9. The van der Waals surface area contributed by atoms with Crippen LogP contribution in [0.15, 0.2) is 93.4 Å². The number of anilines is 1. The van der Waals surface area contributed by atoms with Gasteiger partial charge in [0.1, 0.15) is 0 Å². The summed E-state index contributed by atoms with van der Waals surface area (Å²) >= 11 is 4.87. The van der Waals surface area contributed by atoms with Gasteiger partial charge in [-0.1, -0.05) is 34.1 Å². The van der Waals surface area contributed by atoms with Crippen molar-refractivity contribution in [2.75, 3.05) is 4.90 Å². The van der Waals surface area contributed by atoms with Crippen molar-refractivity contribution in [2.45, 2.75) is 16.6 Å². The lowest BCUT2D eigenvalue weighted by Crippen LogP contribution is -2.31. The molecule has 1 saturated heterocycles. The van der Waals surface area contributed by atoms with E-state index in [1.807, 2.05) is 85.2 Å². The third kappa shape index (κ3) is 4.26. The van der Waals surface area contributed by atoms with E-state index in [2.05, 4.69) is 25.9 Å². The average Bonchev–Trinajstić information content (AvgIpc) is 3.36. The first-order valence-corrected chi connectivity index (χ1v) is 11.7. The molecule has 2 amide bonds. The van der Waals surface area contributed by atoms with Gasteiger partial charge in [0.2, 0.25) is 11.8 Å². The van der Waals surface area contributed by atoms with Crippen LogP contribution in [0.5, 0.6) is 0 Å². The second-order valence-corrected chi connectivity index (χ2v) is 9.63. The number of aromatic nitrogens is 1. The predicted octanol–water partition coefficient (Wildman–Crippen LogP) is 6.11. The highest BCUT2D eigenvalue weighted by Crippen LogP contribution is 2.35. The van der Waals surface area contributed by atoms with Crippen LogP contribution in [0.2, 0.25) is 0 Å². The van der Waals surface area contributed by atoms with E-state index in [4.69, 9.17) is 0 Å². The quantitative estimate of drug-likeness (QED) is 0.264. The van der Waals surface area contributed by atoms with E-state index in [-0.39, 0.29) is 18.2 Å². The second-order valence-electron chi connectivity index (χ2n) is 7.43. The molecule has 5 nitrogen and oxygen atoms in total. The monoisotopic (exact) mass is 503 g/mol. The molecule has 3 aromatic carbocycles. The Kier molecular flexibility index (Phi) is 5.68. The lowest BCUT2D eigenvalue weighted by molar-refractivity contribution is -0.121. The highest BCUT2D eigenvalue weighted by molar-refractivity contribution is 9.10. The molecule has 0 spiro atoms. The van der Waals surface area contributed by atoms with Crippen LogP contribution in [-0.2, 0) is 9.59 Å². The topological polar surface area (TPSA) is 65.5 Å². The molecule has 1 N–H and O–H groups in total. The van der Waals surface area contributed by atoms with E-state index in [1.165, 1.54) is 16.7 Å². The molecule has 1 aliphatic heterocycles. The van der Waals surface area contributed by atoms with Crippen LogP contribution in [0.1, 0.15) is 12.0 Å². The summed E-state index contributed by atoms with van der Waals surface area (Å²) in [6.45, 7) is 0. The Morgan fingerprint density at radius 2 is 1.88 bits per heavy atom. The van der Waals surface area contributed by atoms with Gasteiger partial charge in [-0.05, 0) is 65.5 Å². The average molecular weight is 504 g/mol. The normalized spacial score (nSPS) is 16.5. The van der Waals surface area contributed by atoms with Gasteiger partial charge in [0, 0.05) is 33.7 Å². The van der Waals surface area contributed by atoms with Crippen molar-refractivity contribution < 1.29 is 9.59 Å². The van der Waals surface area contributed by atoms with Gasteiger partial charge < -0.3 is 4.98 Å². The van der Waals surface area contributed by atoms with Crippen molar-refractivity contribution in [1.82, 2.24) is 4.98 Å². The largest absolute Gasteiger partial charge is 0.361 e. The number of hydrogen-bond donors (Lipinski definition) is 1. The summed E-state index contributed by atoms with van der Waals surface area (Å²) in [5.74, 6) is -0.351. The van der Waals surface area contributed by atoms with Crippen molar-refractivity contribution in [1.29, 1.82) is 0 Å². The maximum atomic E-state index is 13.0. The fourth-order valence-corrected chi connectivity index (χ4v) is 5.12. The molecule has 0 bridgehead atoms. The summed E-state index contributed by atoms with van der Waals surface area (Å²) in [5.41, 5.74) is 3.34. The Morgan fingerprint density at radius 3 is 2.69 bits per heavy atom. The summed E-state index contributed by atoms with van der Waals surface area (Å²) in [7, 11) is 0. The minimum atomic E-state index is -0.433. The molecule has 1 atom stereocenters. The first-order valence-electron chi connectivity index (χ1n) is 10.1. The summed E-state index contributed by atoms with van der Waals surface area (Å²) in [6, 6.07) is 23.1. The van der Waals surface area contributed by atoms with Gasteiger partial charge in [-0.25, -0.2) is 4.90 Å². The molecule has 158 valence electrons. The van der Waals surface area contributed by atoms with E-state index in [0.717, 1.165) is 31.5 Å². The maximum Gasteiger partial charge on any atom is 0.247 e. The number of imide groups is 1. The molecule has 1 unspecified atom stereocenters. The maximum absolute atomic E-state index is 13.0. The molecule has 1 aromatic heterocycles. The van der Waals surface area contributed by atoms with Gasteiger partial charge in [-0.15, -0.1) is 11.8 Å². The van der Waals surface area contributed by atoms with Gasteiger partial charge in [0.15, 0.2) is 0 Å². The minimum Gasteiger partial charge on any atom is -0.361 e. The van der Waals surface area contributed by atoms with Crippen LogP contribution in [-0.4, -0.2) is 28.3 Å². The van der Waals surface area contributed by atoms with Crippen LogP contribution in [0.25, 0.3) is 10.9 Å². The van der Waals surface area contributed by atoms with Gasteiger partial charge in [-0.2, -0.15) is 0 Å². The number of thioether (sulfide) groups is 1. The van der Waals surface area contributed by atoms with Crippen LogP contribution < -0.4 is 4.90 Å². The fourth-order valence-electron chi connectivity index (χ4n) is 3.65. The van der Waals surface area contributed by atoms with Crippen LogP contribution in [0, 0.1) is 0 Å². The Labute approximate surface area is 197 Å². The van der Waals surface area contributed by atoms with Gasteiger partial charge >= 0.3 is 0 Å². The van der Waals surface area contributed by atoms with Crippen molar-refractivity contribution in [2.24, 2.45) is 4.99 Å². The number of hydrogen-bond acceptors (Lipinski definition) is 4. The highest BCUT2D eigenvalue weighted by Gasteiger charge is 2.40. The number of H-pyrrole nitrogens is 1. The third-order valence-electron chi connectivity index (χ3n) is 5.23. The number of rotatable bonds is 5. The SMILES string of the molecule is O=C1CC(Sc2ccc(N=Cc3cccc(Br)c3)cc2)C(=O)N1c1ccc2cc[nH]c2c1. The number of nitrogens with zero attached hydrogens (tertiary/aromatic N) is 2. The number of aliphatic imine (C=N–C) groups is 1. The van der Waals surface area contributed by atoms with E-state index in [9.17, 15) is 9.59 Å². The molecule has 2 heterocycles. The lowest BCUT2D eigenvalue weighted by atomic mass is 10.2. The number of amides is 2. The predicted molar refractivity (Wildman–Crippen MR) is 133 cm³/mol. The fraction of sp³-hybridized carbons (Fsp3) is 0.0800. The Morgan fingerprint density at radius 1 is 1.03 bits per heavy atom. The van der Waals surface area contributed by atoms with Gasteiger partial charge in [0.05, 0.1) is 16.6 Å². The molecule has 1 fully saturated rings. The zero-order valence-electron chi connectivity index (χ0n) is 16.9. The Balaban J connectivity index is 1.28. The molecule has 4 aromatic rings. The number of halogens is 1. The molecule has 0 saturated carbocycles. The van der Waals surface area contributed by atoms with E-state index in [0.29, 0.717) is 5.69 Å². The van der Waals surface area contributed by atoms with E-state index >= 15 is 0 Å². The molecule has 0 radical (unpaired) electrons. The summed E-state index contributed by atoms with van der Waals surface area (Å²) < 4.78 is 1.01. The van der Waals surface area contributed by atoms with Gasteiger partial charge in [0.25, 0.3) is 0 Å². The number of aromatic amines is 1. The molecule has 5 rings (SSSR count). The molecule has 32 heavy (non-hydrogen) atoms. The van der Waals surface area contributed by atoms with Gasteiger partial charge in [-0.3, -0.25) is 14.6 Å². The first-order chi connectivity index (χ1) is 15.6. The molecular formula is C25H18BrN3O2S. The molecule has 0 aliphatic carbocycles. The standard InChI is InChI=1S/C25H18BrN3O2S/c26-18-3-1-2-16(12-18)15-28-19-5-8-21(9-6-19)32-23-14-24(30)29(25(23)31)20-7-4-17-10-11-27-22(17)13-20/h1-13,15,23,27H,14H2. The zero-order chi connectivity index (χ0) is 22.1. The summed E-state index contributed by atoms with van der Waals surface area (Å²) in [6.07, 6.45) is 3.84. The van der Waals surface area contributed by atoms with Crippen LogP contribution >= 0.6 is 27.7 Å². The molecular weight excluding hydrogens is 486 g/mol. The van der Waals surface area contributed by atoms with Crippen molar-refractivity contribution in [3.05, 3.63) is 89.0 Å². The number of nitrogens with one attached hydrogen (secondary N) is 1. The lowest BCUT2D eigenvalue weighted by Gasteiger charge is -2.15. The Bertz CT molecular complexity index is 1350. The Hall–Kier alpha value is -3.16. The van der Waals surface area contributed by atoms with Crippen LogP contribution in [0.3, 0.4) is 0 Å². The number of fused-ring (bicyclic) bond motifs is 1. The first kappa shape index (κ1) is 20.7. The van der Waals surface area contributed by atoms with Crippen molar-refractivity contribution >= 4 is 68.0 Å². The third-order valence-corrected chi connectivity index (χ3v) is 6.92. The van der Waals surface area contributed by atoms with Crippen molar-refractivity contribution in [3.8, 4) is 0 Å². The molecule has 1 aliphatic rings. The minimum absolute atomic E-state index is 0.173. The molecule has 7 heteroatoms. The van der Waals surface area contributed by atoms with Crippen LogP contribution in [0.4, 0.5) is 11.4 Å². The summed E-state index contributed by atoms with van der Waals surface area (Å²) in [4.78, 5) is 35.5. The van der Waals surface area contributed by atoms with Crippen molar-refractivity contribution in [3.63, 3.8) is 0 Å². The second kappa shape index (κ2) is 8.76. The van der Waals surface area contributed by atoms with E-state index < -0.39 is 5.25 Å². The number of benzene rings is 3. The number of carbonyl (C=O) groups is 2. The number of carbonyl (C=O) groups excluding carboxylic acids is 2.